The van der Waals surface area contributed by atoms with E-state index < -0.39 is 10.0 Å². The highest BCUT2D eigenvalue weighted by Gasteiger charge is 2.12. The van der Waals surface area contributed by atoms with E-state index in [9.17, 15) is 13.2 Å². The lowest BCUT2D eigenvalue weighted by Crippen LogP contribution is -2.31. The molecule has 0 aromatic heterocycles. The van der Waals surface area contributed by atoms with Gasteiger partial charge in [-0.15, -0.1) is 0 Å². The van der Waals surface area contributed by atoms with E-state index in [1.165, 1.54) is 0 Å². The molecule has 0 amide bonds. The van der Waals surface area contributed by atoms with Crippen molar-refractivity contribution in [2.75, 3.05) is 18.8 Å². The van der Waals surface area contributed by atoms with Crippen LogP contribution in [0.1, 0.15) is 19.8 Å². The van der Waals surface area contributed by atoms with E-state index in [2.05, 4.69) is 10.0 Å². The minimum Gasteiger partial charge on any atom is -0.387 e. The number of nitrogens with one attached hydrogen (secondary N) is 2. The van der Waals surface area contributed by atoms with E-state index in [4.69, 9.17) is 0 Å². The maximum atomic E-state index is 11.2. The minimum absolute atomic E-state index is 0.0341. The van der Waals surface area contributed by atoms with Crippen molar-refractivity contribution in [3.8, 4) is 0 Å². The van der Waals surface area contributed by atoms with Crippen LogP contribution in [0.4, 0.5) is 0 Å². The molecule has 0 radical (unpaired) electrons. The fourth-order valence-electron chi connectivity index (χ4n) is 1.37. The van der Waals surface area contributed by atoms with Crippen molar-refractivity contribution in [1.29, 1.82) is 0 Å². The molecular weight excluding hydrogens is 216 g/mol. The minimum atomic E-state index is -3.16. The summed E-state index contributed by atoms with van der Waals surface area (Å²) in [6.45, 7) is 2.49. The average molecular weight is 232 g/mol. The van der Waals surface area contributed by atoms with Crippen LogP contribution in [-0.2, 0) is 14.8 Å². The first kappa shape index (κ1) is 12.2. The topological polar surface area (TPSA) is 75.3 Å². The number of allylic oxidation sites excluding steroid dienone is 2. The lowest BCUT2D eigenvalue weighted by atomic mass is 10.3. The molecule has 0 bridgehead atoms. The van der Waals surface area contributed by atoms with Crippen molar-refractivity contribution in [2.24, 2.45) is 0 Å². The number of hydrogen-bond acceptors (Lipinski definition) is 4. The number of sulfonamides is 1. The molecule has 5 nitrogen and oxygen atoms in total. The van der Waals surface area contributed by atoms with Crippen LogP contribution < -0.4 is 10.0 Å². The van der Waals surface area contributed by atoms with Crippen LogP contribution in [0.15, 0.2) is 11.8 Å². The molecule has 0 heterocycles. The van der Waals surface area contributed by atoms with Gasteiger partial charge in [0.05, 0.1) is 5.75 Å². The summed E-state index contributed by atoms with van der Waals surface area (Å²) in [6, 6.07) is 0. The summed E-state index contributed by atoms with van der Waals surface area (Å²) in [5.74, 6) is 0.138. The Morgan fingerprint density at radius 3 is 2.67 bits per heavy atom. The van der Waals surface area contributed by atoms with E-state index in [-0.39, 0.29) is 11.5 Å². The van der Waals surface area contributed by atoms with Crippen LogP contribution in [0.25, 0.3) is 0 Å². The van der Waals surface area contributed by atoms with Crippen molar-refractivity contribution in [2.45, 2.75) is 19.8 Å². The van der Waals surface area contributed by atoms with Gasteiger partial charge in [-0.05, 0) is 6.42 Å². The standard InChI is InChI=1S/C9H16N2O3S/c1-2-11-15(13,14)6-5-10-8-3-4-9(12)7-8/h7,10-11H,2-6H2,1H3. The Hall–Kier alpha value is -0.880. The molecule has 0 unspecified atom stereocenters. The molecule has 0 aromatic carbocycles. The van der Waals surface area contributed by atoms with Crippen LogP contribution in [0.2, 0.25) is 0 Å². The van der Waals surface area contributed by atoms with Crippen LogP contribution in [0, 0.1) is 0 Å². The summed E-state index contributed by atoms with van der Waals surface area (Å²) in [4.78, 5) is 10.9. The van der Waals surface area contributed by atoms with Crippen molar-refractivity contribution in [1.82, 2.24) is 10.0 Å². The molecule has 0 fully saturated rings. The highest BCUT2D eigenvalue weighted by Crippen LogP contribution is 2.11. The smallest absolute Gasteiger partial charge is 0.213 e. The number of ketones is 1. The molecular formula is C9H16N2O3S. The molecule has 0 saturated carbocycles. The number of hydrogen-bond donors (Lipinski definition) is 2. The molecule has 0 saturated heterocycles. The fraction of sp³-hybridized carbons (Fsp3) is 0.667. The van der Waals surface area contributed by atoms with E-state index in [1.807, 2.05) is 0 Å². The third-order valence-corrected chi connectivity index (χ3v) is 3.53. The Morgan fingerprint density at radius 1 is 1.40 bits per heavy atom. The molecule has 2 N–H and O–H groups in total. The molecule has 0 atom stereocenters. The maximum Gasteiger partial charge on any atom is 0.213 e. The summed E-state index contributed by atoms with van der Waals surface area (Å²) in [6.07, 6.45) is 2.77. The van der Waals surface area contributed by atoms with Crippen LogP contribution in [-0.4, -0.2) is 33.0 Å². The van der Waals surface area contributed by atoms with Gasteiger partial charge in [0.2, 0.25) is 10.0 Å². The Kier molecular flexibility index (Phi) is 4.28. The molecule has 15 heavy (non-hydrogen) atoms. The molecule has 1 aliphatic rings. The molecule has 0 spiro atoms. The van der Waals surface area contributed by atoms with E-state index in [0.29, 0.717) is 25.9 Å². The first-order valence-corrected chi connectivity index (χ1v) is 6.63. The molecule has 1 aliphatic carbocycles. The zero-order chi connectivity index (χ0) is 11.3. The van der Waals surface area contributed by atoms with Crippen molar-refractivity contribution >= 4 is 15.8 Å². The zero-order valence-corrected chi connectivity index (χ0v) is 9.56. The normalized spacial score (nSPS) is 16.6. The Labute approximate surface area is 90.0 Å². The van der Waals surface area contributed by atoms with Gasteiger partial charge in [0.1, 0.15) is 0 Å². The highest BCUT2D eigenvalue weighted by atomic mass is 32.2. The maximum absolute atomic E-state index is 11.2. The third kappa shape index (κ3) is 4.44. The predicted octanol–water partition coefficient (Wildman–Crippen LogP) is -0.238. The summed E-state index contributed by atoms with van der Waals surface area (Å²) >= 11 is 0. The number of carbonyl (C=O) groups excluding carboxylic acids is 1. The predicted molar refractivity (Wildman–Crippen MR) is 57.8 cm³/mol. The monoisotopic (exact) mass is 232 g/mol. The van der Waals surface area contributed by atoms with Crippen LogP contribution in [0.3, 0.4) is 0 Å². The van der Waals surface area contributed by atoms with Crippen molar-refractivity contribution < 1.29 is 13.2 Å². The van der Waals surface area contributed by atoms with Gasteiger partial charge in [0, 0.05) is 31.3 Å². The summed E-state index contributed by atoms with van der Waals surface area (Å²) in [5.41, 5.74) is 0.840. The van der Waals surface area contributed by atoms with Gasteiger partial charge in [-0.1, -0.05) is 6.92 Å². The van der Waals surface area contributed by atoms with Gasteiger partial charge in [0.25, 0.3) is 0 Å². The summed E-state index contributed by atoms with van der Waals surface area (Å²) in [7, 11) is -3.16. The Bertz CT molecular complexity index is 360. The average Bonchev–Trinajstić information content (AvgIpc) is 2.51. The second kappa shape index (κ2) is 5.27. The second-order valence-corrected chi connectivity index (χ2v) is 5.31. The molecule has 86 valence electrons. The molecule has 1 rings (SSSR count). The van der Waals surface area contributed by atoms with Gasteiger partial charge in [-0.25, -0.2) is 13.1 Å². The van der Waals surface area contributed by atoms with Crippen LogP contribution in [0.5, 0.6) is 0 Å². The number of carbonyl (C=O) groups is 1. The largest absolute Gasteiger partial charge is 0.387 e. The van der Waals surface area contributed by atoms with Gasteiger partial charge in [0.15, 0.2) is 5.78 Å². The summed E-state index contributed by atoms with van der Waals surface area (Å²) in [5, 5.41) is 2.95. The molecule has 6 heteroatoms. The Morgan fingerprint density at radius 2 is 2.13 bits per heavy atom. The van der Waals surface area contributed by atoms with Gasteiger partial charge in [-0.3, -0.25) is 4.79 Å². The first-order valence-electron chi connectivity index (χ1n) is 4.98. The highest BCUT2D eigenvalue weighted by molar-refractivity contribution is 7.89. The second-order valence-electron chi connectivity index (χ2n) is 3.38. The fourth-order valence-corrected chi connectivity index (χ4v) is 2.33. The molecule has 0 aromatic rings. The van der Waals surface area contributed by atoms with Gasteiger partial charge in [-0.2, -0.15) is 0 Å². The van der Waals surface area contributed by atoms with Crippen LogP contribution >= 0.6 is 0 Å². The Balaban J connectivity index is 2.27. The van der Waals surface area contributed by atoms with Gasteiger partial charge >= 0.3 is 0 Å². The first-order chi connectivity index (χ1) is 7.03. The quantitative estimate of drug-likeness (QED) is 0.663. The van der Waals surface area contributed by atoms with E-state index in [0.717, 1.165) is 5.70 Å². The molecule has 0 aliphatic heterocycles. The lowest BCUT2D eigenvalue weighted by molar-refractivity contribution is -0.114. The van der Waals surface area contributed by atoms with E-state index in [1.54, 1.807) is 13.0 Å². The van der Waals surface area contributed by atoms with E-state index >= 15 is 0 Å². The van der Waals surface area contributed by atoms with Crippen molar-refractivity contribution in [3.63, 3.8) is 0 Å². The number of rotatable bonds is 6. The SMILES string of the molecule is CCNS(=O)(=O)CCNC1=CC(=O)CC1. The summed E-state index contributed by atoms with van der Waals surface area (Å²) < 4.78 is 24.9. The van der Waals surface area contributed by atoms with Crippen molar-refractivity contribution in [3.05, 3.63) is 11.8 Å². The zero-order valence-electron chi connectivity index (χ0n) is 8.75. The van der Waals surface area contributed by atoms with Gasteiger partial charge < -0.3 is 5.32 Å². The third-order valence-electron chi connectivity index (χ3n) is 2.06. The lowest BCUT2D eigenvalue weighted by Gasteiger charge is -2.07.